The number of nitrogens with zero attached hydrogens (tertiary/aromatic N) is 1. The van der Waals surface area contributed by atoms with Crippen molar-refractivity contribution in [2.75, 3.05) is 10.7 Å². The van der Waals surface area contributed by atoms with Crippen molar-refractivity contribution in [1.29, 1.82) is 0 Å². The summed E-state index contributed by atoms with van der Waals surface area (Å²) in [6.07, 6.45) is 3.43. The zero-order chi connectivity index (χ0) is 14.8. The van der Waals surface area contributed by atoms with Crippen LogP contribution < -0.4 is 16.6 Å². The number of aryl methyl sites for hydroxylation is 3. The van der Waals surface area contributed by atoms with Crippen molar-refractivity contribution in [3.05, 3.63) is 52.7 Å². The zero-order valence-electron chi connectivity index (χ0n) is 11.9. The number of aromatic nitrogens is 1. The zero-order valence-corrected chi connectivity index (χ0v) is 11.9. The van der Waals surface area contributed by atoms with Gasteiger partial charge in [0.2, 0.25) is 0 Å². The van der Waals surface area contributed by atoms with Gasteiger partial charge in [0.05, 0.1) is 0 Å². The highest BCUT2D eigenvalue weighted by Crippen LogP contribution is 2.25. The predicted octanol–water partition coefficient (Wildman–Crippen LogP) is 2.42. The number of hydrogen-bond acceptors (Lipinski definition) is 4. The van der Waals surface area contributed by atoms with E-state index in [4.69, 9.17) is 5.84 Å². The maximum absolute atomic E-state index is 12.3. The standard InChI is InChI=1S/C16H18N4O/c1-10-7-13(9-15(18-10)20-17)16(21)19-14-6-5-11-3-2-4-12(11)8-14/h5-9H,2-4,17H2,1H3,(H,18,20)(H,19,21). The molecule has 1 aliphatic carbocycles. The number of hydrazine groups is 1. The van der Waals surface area contributed by atoms with Crippen LogP contribution in [0.4, 0.5) is 11.5 Å². The normalized spacial score (nSPS) is 12.9. The highest BCUT2D eigenvalue weighted by Gasteiger charge is 2.13. The molecule has 0 unspecified atom stereocenters. The van der Waals surface area contributed by atoms with E-state index < -0.39 is 0 Å². The molecule has 1 aromatic heterocycles. The van der Waals surface area contributed by atoms with E-state index in [0.29, 0.717) is 11.4 Å². The van der Waals surface area contributed by atoms with Gasteiger partial charge in [0.1, 0.15) is 5.82 Å². The SMILES string of the molecule is Cc1cc(C(=O)Nc2ccc3c(c2)CCC3)cc(NN)n1. The smallest absolute Gasteiger partial charge is 0.255 e. The van der Waals surface area contributed by atoms with Gasteiger partial charge < -0.3 is 10.7 Å². The topological polar surface area (TPSA) is 80.0 Å². The Morgan fingerprint density at radius 2 is 2.00 bits per heavy atom. The Bertz CT molecular complexity index is 697. The minimum absolute atomic E-state index is 0.157. The van der Waals surface area contributed by atoms with E-state index in [1.54, 1.807) is 12.1 Å². The fraction of sp³-hybridized carbons (Fsp3) is 0.250. The molecule has 4 N–H and O–H groups in total. The molecular formula is C16H18N4O. The third kappa shape index (κ3) is 2.87. The molecule has 21 heavy (non-hydrogen) atoms. The lowest BCUT2D eigenvalue weighted by atomic mass is 10.1. The number of hydrogen-bond donors (Lipinski definition) is 3. The third-order valence-corrected chi connectivity index (χ3v) is 3.72. The van der Waals surface area contributed by atoms with Crippen molar-refractivity contribution >= 4 is 17.4 Å². The lowest BCUT2D eigenvalue weighted by molar-refractivity contribution is 0.102. The predicted molar refractivity (Wildman–Crippen MR) is 83.2 cm³/mol. The number of anilines is 2. The van der Waals surface area contributed by atoms with Crippen LogP contribution in [-0.2, 0) is 12.8 Å². The molecule has 0 bridgehead atoms. The minimum atomic E-state index is -0.157. The molecule has 5 nitrogen and oxygen atoms in total. The van der Waals surface area contributed by atoms with Crippen LogP contribution in [0.1, 0.15) is 33.6 Å². The van der Waals surface area contributed by atoms with Gasteiger partial charge in [-0.3, -0.25) is 4.79 Å². The van der Waals surface area contributed by atoms with Crippen LogP contribution in [0.5, 0.6) is 0 Å². The average Bonchev–Trinajstić information content (AvgIpc) is 2.94. The highest BCUT2D eigenvalue weighted by molar-refractivity contribution is 6.04. The summed E-state index contributed by atoms with van der Waals surface area (Å²) in [7, 11) is 0. The highest BCUT2D eigenvalue weighted by atomic mass is 16.1. The number of nitrogen functional groups attached to an aromatic ring is 1. The number of benzene rings is 1. The van der Waals surface area contributed by atoms with Gasteiger partial charge in [0.25, 0.3) is 5.91 Å². The van der Waals surface area contributed by atoms with E-state index in [9.17, 15) is 4.79 Å². The van der Waals surface area contributed by atoms with Crippen molar-refractivity contribution in [2.45, 2.75) is 26.2 Å². The van der Waals surface area contributed by atoms with Crippen molar-refractivity contribution in [3.63, 3.8) is 0 Å². The van der Waals surface area contributed by atoms with Crippen molar-refractivity contribution < 1.29 is 4.79 Å². The van der Waals surface area contributed by atoms with Crippen LogP contribution in [0.15, 0.2) is 30.3 Å². The fourth-order valence-corrected chi connectivity index (χ4v) is 2.73. The Hall–Kier alpha value is -2.40. The Labute approximate surface area is 123 Å². The summed E-state index contributed by atoms with van der Waals surface area (Å²) in [6.45, 7) is 1.83. The van der Waals surface area contributed by atoms with Crippen LogP contribution in [0.2, 0.25) is 0 Å². The number of nitrogens with one attached hydrogen (secondary N) is 2. The minimum Gasteiger partial charge on any atom is -0.322 e. The van der Waals surface area contributed by atoms with Crippen LogP contribution in [0.3, 0.4) is 0 Å². The summed E-state index contributed by atoms with van der Waals surface area (Å²) in [5.41, 5.74) is 7.31. The second kappa shape index (κ2) is 5.54. The third-order valence-electron chi connectivity index (χ3n) is 3.72. The molecule has 2 aromatic rings. The summed E-state index contributed by atoms with van der Waals surface area (Å²) < 4.78 is 0. The van der Waals surface area contributed by atoms with E-state index in [-0.39, 0.29) is 5.91 Å². The first-order valence-corrected chi connectivity index (χ1v) is 7.04. The molecule has 0 fully saturated rings. The Morgan fingerprint density at radius 1 is 1.19 bits per heavy atom. The lowest BCUT2D eigenvalue weighted by Gasteiger charge is -2.09. The molecule has 108 valence electrons. The molecule has 5 heteroatoms. The van der Waals surface area contributed by atoms with Crippen LogP contribution in [-0.4, -0.2) is 10.9 Å². The molecule has 0 radical (unpaired) electrons. The number of amides is 1. The van der Waals surface area contributed by atoms with E-state index in [0.717, 1.165) is 24.2 Å². The second-order valence-corrected chi connectivity index (χ2v) is 5.32. The van der Waals surface area contributed by atoms with Crippen molar-refractivity contribution in [2.24, 2.45) is 5.84 Å². The van der Waals surface area contributed by atoms with Gasteiger partial charge in [-0.05, 0) is 61.6 Å². The summed E-state index contributed by atoms with van der Waals surface area (Å²) in [4.78, 5) is 16.5. The number of rotatable bonds is 3. The molecule has 0 saturated carbocycles. The van der Waals surface area contributed by atoms with Gasteiger partial charge in [-0.1, -0.05) is 6.07 Å². The van der Waals surface area contributed by atoms with Crippen molar-refractivity contribution in [1.82, 2.24) is 4.98 Å². The van der Waals surface area contributed by atoms with E-state index in [1.165, 1.54) is 17.5 Å². The number of carbonyl (C=O) groups is 1. The van der Waals surface area contributed by atoms with Gasteiger partial charge in [-0.15, -0.1) is 0 Å². The molecular weight excluding hydrogens is 264 g/mol. The van der Waals surface area contributed by atoms with Gasteiger partial charge >= 0.3 is 0 Å². The molecule has 1 aromatic carbocycles. The van der Waals surface area contributed by atoms with Crippen molar-refractivity contribution in [3.8, 4) is 0 Å². The number of pyridine rings is 1. The maximum atomic E-state index is 12.3. The Kier molecular flexibility index (Phi) is 3.58. The second-order valence-electron chi connectivity index (χ2n) is 5.32. The summed E-state index contributed by atoms with van der Waals surface area (Å²) in [6, 6.07) is 9.50. The van der Waals surface area contributed by atoms with Gasteiger partial charge in [0.15, 0.2) is 0 Å². The average molecular weight is 282 g/mol. The van der Waals surface area contributed by atoms with Gasteiger partial charge in [-0.2, -0.15) is 0 Å². The molecule has 0 aliphatic heterocycles. The van der Waals surface area contributed by atoms with E-state index in [2.05, 4.69) is 27.9 Å². The quantitative estimate of drug-likeness (QED) is 0.596. The molecule has 1 heterocycles. The number of nitrogens with two attached hydrogens (primary N) is 1. The summed E-state index contributed by atoms with van der Waals surface area (Å²) in [5.74, 6) is 5.68. The van der Waals surface area contributed by atoms with Crippen LogP contribution in [0.25, 0.3) is 0 Å². The molecule has 0 saturated heterocycles. The van der Waals surface area contributed by atoms with Crippen LogP contribution >= 0.6 is 0 Å². The van der Waals surface area contributed by atoms with Gasteiger partial charge in [0, 0.05) is 16.9 Å². The Morgan fingerprint density at radius 3 is 2.81 bits per heavy atom. The first-order chi connectivity index (χ1) is 10.2. The molecule has 1 amide bonds. The molecule has 1 aliphatic rings. The summed E-state index contributed by atoms with van der Waals surface area (Å²) in [5, 5.41) is 2.93. The molecule has 0 spiro atoms. The first-order valence-electron chi connectivity index (χ1n) is 7.04. The number of fused-ring (bicyclic) bond motifs is 1. The monoisotopic (exact) mass is 282 g/mol. The van der Waals surface area contributed by atoms with E-state index in [1.807, 2.05) is 13.0 Å². The van der Waals surface area contributed by atoms with Crippen LogP contribution in [0, 0.1) is 6.92 Å². The fourth-order valence-electron chi connectivity index (χ4n) is 2.73. The summed E-state index contributed by atoms with van der Waals surface area (Å²) >= 11 is 0. The van der Waals surface area contributed by atoms with Gasteiger partial charge in [-0.25, -0.2) is 10.8 Å². The molecule has 3 rings (SSSR count). The largest absolute Gasteiger partial charge is 0.322 e. The Balaban J connectivity index is 1.81. The lowest BCUT2D eigenvalue weighted by Crippen LogP contribution is -2.15. The first kappa shape index (κ1) is 13.6. The molecule has 0 atom stereocenters. The number of carbonyl (C=O) groups excluding carboxylic acids is 1. The maximum Gasteiger partial charge on any atom is 0.255 e. The van der Waals surface area contributed by atoms with E-state index >= 15 is 0 Å².